The van der Waals surface area contributed by atoms with Crippen LogP contribution < -0.4 is 14.8 Å². The van der Waals surface area contributed by atoms with Crippen molar-refractivity contribution < 1.29 is 19.1 Å². The lowest BCUT2D eigenvalue weighted by Crippen LogP contribution is -2.30. The molecule has 1 amide bonds. The summed E-state index contributed by atoms with van der Waals surface area (Å²) in [5, 5.41) is 2.55. The first-order chi connectivity index (χ1) is 9.01. The van der Waals surface area contributed by atoms with Crippen LogP contribution in [0.25, 0.3) is 0 Å². The number of nitrogens with one attached hydrogen (secondary N) is 1. The van der Waals surface area contributed by atoms with Gasteiger partial charge in [-0.1, -0.05) is 6.07 Å². The molecular formula is C14H19NO4. The molecule has 104 valence electrons. The molecule has 1 aromatic carbocycles. The molecule has 0 radical (unpaired) electrons. The highest BCUT2D eigenvalue weighted by molar-refractivity contribution is 6.35. The normalized spacial score (nSPS) is 9.89. The van der Waals surface area contributed by atoms with E-state index in [9.17, 15) is 9.59 Å². The van der Waals surface area contributed by atoms with Crippen molar-refractivity contribution in [3.63, 3.8) is 0 Å². The minimum absolute atomic E-state index is 0.389. The van der Waals surface area contributed by atoms with Crippen molar-refractivity contribution in [3.05, 3.63) is 23.3 Å². The summed E-state index contributed by atoms with van der Waals surface area (Å²) in [4.78, 5) is 21.9. The summed E-state index contributed by atoms with van der Waals surface area (Å²) in [6, 6.07) is 3.75. The number of carbonyl (C=O) groups is 2. The van der Waals surface area contributed by atoms with Gasteiger partial charge < -0.3 is 14.8 Å². The highest BCUT2D eigenvalue weighted by Gasteiger charge is 2.12. The summed E-state index contributed by atoms with van der Waals surface area (Å²) in [5.41, 5.74) is 1.88. The van der Waals surface area contributed by atoms with Crippen molar-refractivity contribution in [1.82, 2.24) is 5.32 Å². The lowest BCUT2D eigenvalue weighted by atomic mass is 10.1. The molecule has 1 rings (SSSR count). The minimum Gasteiger partial charge on any atom is -0.496 e. The molecule has 0 unspecified atom stereocenters. The number of hydrogen-bond acceptors (Lipinski definition) is 4. The highest BCUT2D eigenvalue weighted by atomic mass is 16.5. The van der Waals surface area contributed by atoms with Gasteiger partial charge in [-0.05, 0) is 25.0 Å². The third-order valence-corrected chi connectivity index (χ3v) is 2.86. The van der Waals surface area contributed by atoms with Crippen LogP contribution in [-0.4, -0.2) is 32.5 Å². The van der Waals surface area contributed by atoms with E-state index >= 15 is 0 Å². The topological polar surface area (TPSA) is 64.6 Å². The third-order valence-electron chi connectivity index (χ3n) is 2.86. The molecular weight excluding hydrogens is 246 g/mol. The Morgan fingerprint density at radius 1 is 1.21 bits per heavy atom. The number of carbonyl (C=O) groups excluding carboxylic acids is 2. The molecule has 1 aromatic rings. The van der Waals surface area contributed by atoms with Gasteiger partial charge in [0.25, 0.3) is 5.91 Å². The van der Waals surface area contributed by atoms with Gasteiger partial charge >= 0.3 is 0 Å². The second-order valence-corrected chi connectivity index (χ2v) is 4.15. The number of Topliss-reactive ketones (excluding diaryl/α,β-unsaturated/α-hetero) is 1. The van der Waals surface area contributed by atoms with Gasteiger partial charge in [-0.2, -0.15) is 0 Å². The van der Waals surface area contributed by atoms with E-state index in [0.717, 1.165) is 22.6 Å². The zero-order chi connectivity index (χ0) is 14.4. The van der Waals surface area contributed by atoms with E-state index in [2.05, 4.69) is 5.32 Å². The number of ketones is 1. The first-order valence-electron chi connectivity index (χ1n) is 6.00. The summed E-state index contributed by atoms with van der Waals surface area (Å²) in [7, 11) is 3.20. The molecule has 0 fully saturated rings. The molecule has 0 saturated heterocycles. The molecule has 0 heterocycles. The predicted octanol–water partition coefficient (Wildman–Crippen LogP) is 1.26. The van der Waals surface area contributed by atoms with Crippen molar-refractivity contribution in [2.45, 2.75) is 20.3 Å². The highest BCUT2D eigenvalue weighted by Crippen LogP contribution is 2.31. The van der Waals surface area contributed by atoms with Crippen LogP contribution in [0.15, 0.2) is 12.1 Å². The average molecular weight is 265 g/mol. The van der Waals surface area contributed by atoms with E-state index in [4.69, 9.17) is 9.47 Å². The number of rotatable bonds is 6. The SMILES string of the molecule is COc1ccc(CCNC(=O)C(C)=O)c(OC)c1C. The first kappa shape index (κ1) is 15.0. The Hall–Kier alpha value is -2.04. The lowest BCUT2D eigenvalue weighted by Gasteiger charge is -2.14. The molecule has 1 N–H and O–H groups in total. The van der Waals surface area contributed by atoms with Crippen molar-refractivity contribution in [3.8, 4) is 11.5 Å². The van der Waals surface area contributed by atoms with Crippen LogP contribution in [0.3, 0.4) is 0 Å². The molecule has 0 aromatic heterocycles. The van der Waals surface area contributed by atoms with Gasteiger partial charge in [-0.15, -0.1) is 0 Å². The number of benzene rings is 1. The molecule has 0 bridgehead atoms. The number of hydrogen-bond donors (Lipinski definition) is 1. The van der Waals surface area contributed by atoms with Gasteiger partial charge in [0.2, 0.25) is 5.78 Å². The maximum atomic E-state index is 11.1. The maximum Gasteiger partial charge on any atom is 0.287 e. The van der Waals surface area contributed by atoms with Crippen LogP contribution in [0.1, 0.15) is 18.1 Å². The van der Waals surface area contributed by atoms with Gasteiger partial charge in [-0.25, -0.2) is 0 Å². The molecule has 19 heavy (non-hydrogen) atoms. The van der Waals surface area contributed by atoms with E-state index < -0.39 is 11.7 Å². The van der Waals surface area contributed by atoms with Gasteiger partial charge in [0.1, 0.15) is 11.5 Å². The summed E-state index contributed by atoms with van der Waals surface area (Å²) < 4.78 is 10.6. The van der Waals surface area contributed by atoms with Crippen LogP contribution in [0.4, 0.5) is 0 Å². The van der Waals surface area contributed by atoms with Crippen molar-refractivity contribution >= 4 is 11.7 Å². The Balaban J connectivity index is 2.76. The fraction of sp³-hybridized carbons (Fsp3) is 0.429. The van der Waals surface area contributed by atoms with E-state index in [1.165, 1.54) is 6.92 Å². The number of ether oxygens (including phenoxy) is 2. The number of methoxy groups -OCH3 is 2. The van der Waals surface area contributed by atoms with Crippen LogP contribution in [0.2, 0.25) is 0 Å². The fourth-order valence-electron chi connectivity index (χ4n) is 1.87. The Morgan fingerprint density at radius 2 is 1.89 bits per heavy atom. The van der Waals surface area contributed by atoms with Crippen LogP contribution >= 0.6 is 0 Å². The second-order valence-electron chi connectivity index (χ2n) is 4.15. The molecule has 0 aliphatic heterocycles. The molecule has 0 atom stereocenters. The van der Waals surface area contributed by atoms with E-state index in [0.29, 0.717) is 13.0 Å². The Kier molecular flexibility index (Phi) is 5.36. The first-order valence-corrected chi connectivity index (χ1v) is 6.00. The van der Waals surface area contributed by atoms with E-state index in [-0.39, 0.29) is 0 Å². The Morgan fingerprint density at radius 3 is 2.42 bits per heavy atom. The molecule has 5 nitrogen and oxygen atoms in total. The summed E-state index contributed by atoms with van der Waals surface area (Å²) >= 11 is 0. The average Bonchev–Trinajstić information content (AvgIpc) is 2.38. The number of amides is 1. The van der Waals surface area contributed by atoms with Gasteiger partial charge in [0.05, 0.1) is 14.2 Å². The molecule has 0 spiro atoms. The van der Waals surface area contributed by atoms with Gasteiger partial charge in [0.15, 0.2) is 0 Å². The van der Waals surface area contributed by atoms with Gasteiger partial charge in [-0.3, -0.25) is 9.59 Å². The van der Waals surface area contributed by atoms with Crippen molar-refractivity contribution in [2.75, 3.05) is 20.8 Å². The summed E-state index contributed by atoms with van der Waals surface area (Å²) in [6.45, 7) is 3.54. The largest absolute Gasteiger partial charge is 0.496 e. The minimum atomic E-state index is -0.566. The fourth-order valence-corrected chi connectivity index (χ4v) is 1.87. The monoisotopic (exact) mass is 265 g/mol. The summed E-state index contributed by atoms with van der Waals surface area (Å²) in [5.74, 6) is 0.451. The van der Waals surface area contributed by atoms with Crippen LogP contribution in [0.5, 0.6) is 11.5 Å². The summed E-state index contributed by atoms with van der Waals surface area (Å²) in [6.07, 6.45) is 0.590. The van der Waals surface area contributed by atoms with Crippen molar-refractivity contribution in [1.29, 1.82) is 0 Å². The van der Waals surface area contributed by atoms with Crippen LogP contribution in [-0.2, 0) is 16.0 Å². The standard InChI is InChI=1S/C14H19NO4/c1-9-12(18-3)6-5-11(13(9)19-4)7-8-15-14(17)10(2)16/h5-6H,7-8H2,1-4H3,(H,15,17). The lowest BCUT2D eigenvalue weighted by molar-refractivity contribution is -0.136. The predicted molar refractivity (Wildman–Crippen MR) is 71.7 cm³/mol. The quantitative estimate of drug-likeness (QED) is 0.786. The van der Waals surface area contributed by atoms with E-state index in [1.807, 2.05) is 19.1 Å². The van der Waals surface area contributed by atoms with Crippen LogP contribution in [0, 0.1) is 6.92 Å². The second kappa shape index (κ2) is 6.78. The zero-order valence-electron chi connectivity index (χ0n) is 11.7. The molecule has 0 aliphatic carbocycles. The third kappa shape index (κ3) is 3.71. The van der Waals surface area contributed by atoms with E-state index in [1.54, 1.807) is 14.2 Å². The Labute approximate surface area is 112 Å². The smallest absolute Gasteiger partial charge is 0.287 e. The Bertz CT molecular complexity index is 483. The maximum absolute atomic E-state index is 11.1. The molecule has 0 aliphatic rings. The van der Waals surface area contributed by atoms with Gasteiger partial charge in [0, 0.05) is 19.0 Å². The van der Waals surface area contributed by atoms with Crippen molar-refractivity contribution in [2.24, 2.45) is 0 Å². The molecule has 0 saturated carbocycles. The molecule has 5 heteroatoms. The zero-order valence-corrected chi connectivity index (χ0v) is 11.7.